The van der Waals surface area contributed by atoms with Gasteiger partial charge in [-0.05, 0) is 52.0 Å². The maximum absolute atomic E-state index is 8.79. The fourth-order valence-corrected chi connectivity index (χ4v) is 2.49. The smallest absolute Gasteiger partial charge is 0.427 e. The lowest BCUT2D eigenvalue weighted by atomic mass is 9.82. The highest BCUT2D eigenvalue weighted by Gasteiger charge is 2.20. The van der Waals surface area contributed by atoms with Crippen LogP contribution in [-0.4, -0.2) is 53.9 Å². The molecule has 112 valence electrons. The molecular weight excluding hydrogens is 241 g/mol. The van der Waals surface area contributed by atoms with E-state index in [4.69, 9.17) is 15.8 Å². The summed E-state index contributed by atoms with van der Waals surface area (Å²) in [5.41, 5.74) is 6.17. The molecule has 0 aliphatic carbocycles. The first-order valence-corrected chi connectivity index (χ1v) is 7.58. The Morgan fingerprint density at radius 3 is 2.79 bits per heavy atom. The van der Waals surface area contributed by atoms with Crippen molar-refractivity contribution in [1.29, 1.82) is 0 Å². The molecule has 0 bridgehead atoms. The molecule has 1 unspecified atom stereocenters. The van der Waals surface area contributed by atoms with Gasteiger partial charge in [0.15, 0.2) is 0 Å². The summed E-state index contributed by atoms with van der Waals surface area (Å²) < 4.78 is 0. The Labute approximate surface area is 117 Å². The average molecular weight is 271 g/mol. The molecule has 0 amide bonds. The minimum absolute atomic E-state index is 0.146. The van der Waals surface area contributed by atoms with Crippen LogP contribution in [0.2, 0.25) is 6.32 Å². The zero-order chi connectivity index (χ0) is 14.1. The zero-order valence-electron chi connectivity index (χ0n) is 12.3. The molecule has 19 heavy (non-hydrogen) atoms. The summed E-state index contributed by atoms with van der Waals surface area (Å²) >= 11 is 0. The number of hydrogen-bond acceptors (Lipinski definition) is 5. The third-order valence-corrected chi connectivity index (χ3v) is 3.87. The normalized spacial score (nSPS) is 20.8. The van der Waals surface area contributed by atoms with Crippen LogP contribution in [0.1, 0.15) is 45.4 Å². The lowest BCUT2D eigenvalue weighted by Crippen LogP contribution is -2.42. The molecule has 1 aliphatic rings. The molecule has 1 aliphatic heterocycles. The molecule has 1 rings (SSSR count). The highest BCUT2D eigenvalue weighted by molar-refractivity contribution is 6.40. The first-order valence-electron chi connectivity index (χ1n) is 7.58. The van der Waals surface area contributed by atoms with Gasteiger partial charge in [0.2, 0.25) is 0 Å². The highest BCUT2D eigenvalue weighted by atomic mass is 16.4. The zero-order valence-corrected chi connectivity index (χ0v) is 12.3. The van der Waals surface area contributed by atoms with E-state index in [1.807, 2.05) is 0 Å². The molecule has 0 spiro atoms. The third kappa shape index (κ3) is 8.60. The Morgan fingerprint density at radius 2 is 2.05 bits per heavy atom. The first kappa shape index (κ1) is 16.9. The number of hydrogen-bond donors (Lipinski definition) is 4. The van der Waals surface area contributed by atoms with E-state index in [0.717, 1.165) is 45.4 Å². The van der Waals surface area contributed by atoms with Gasteiger partial charge < -0.3 is 21.1 Å². The number of rotatable bonds is 8. The second-order valence-corrected chi connectivity index (χ2v) is 6.11. The van der Waals surface area contributed by atoms with E-state index in [2.05, 4.69) is 17.1 Å². The molecular formula is C13H30BN3O2. The molecule has 5 N–H and O–H groups in total. The SMILES string of the molecule is CC(N)(CCCCB(O)O)CCN1CCCCNC1. The predicted octanol–water partition coefficient (Wildman–Crippen LogP) is 0.380. The van der Waals surface area contributed by atoms with Gasteiger partial charge in [-0.2, -0.15) is 0 Å². The number of nitrogens with two attached hydrogens (primary N) is 1. The summed E-state index contributed by atoms with van der Waals surface area (Å²) in [6.45, 7) is 6.42. The topological polar surface area (TPSA) is 81.8 Å². The van der Waals surface area contributed by atoms with Crippen LogP contribution in [0.5, 0.6) is 0 Å². The quantitative estimate of drug-likeness (QED) is 0.379. The summed E-state index contributed by atoms with van der Waals surface area (Å²) in [6.07, 6.45) is 6.71. The van der Waals surface area contributed by atoms with Crippen LogP contribution in [0.3, 0.4) is 0 Å². The predicted molar refractivity (Wildman–Crippen MR) is 79.7 cm³/mol. The summed E-state index contributed by atoms with van der Waals surface area (Å²) in [6, 6.07) is 0. The molecule has 1 heterocycles. The van der Waals surface area contributed by atoms with Crippen molar-refractivity contribution in [2.75, 3.05) is 26.3 Å². The molecule has 0 radical (unpaired) electrons. The standard InChI is InChI=1S/C13H30BN3O2/c1-13(15,6-2-3-8-14(18)19)7-11-17-10-5-4-9-16-12-17/h16,18-19H,2-12,15H2,1H3. The molecule has 5 nitrogen and oxygen atoms in total. The summed E-state index contributed by atoms with van der Waals surface area (Å²) in [5, 5.41) is 21.0. The van der Waals surface area contributed by atoms with Crippen LogP contribution in [0.15, 0.2) is 0 Å². The lowest BCUT2D eigenvalue weighted by molar-refractivity contribution is 0.235. The van der Waals surface area contributed by atoms with Gasteiger partial charge in [-0.3, -0.25) is 4.90 Å². The Hall–Kier alpha value is -0.135. The van der Waals surface area contributed by atoms with Crippen LogP contribution in [0.4, 0.5) is 0 Å². The van der Waals surface area contributed by atoms with E-state index in [1.54, 1.807) is 0 Å². The maximum atomic E-state index is 8.79. The van der Waals surface area contributed by atoms with Crippen molar-refractivity contribution < 1.29 is 10.0 Å². The van der Waals surface area contributed by atoms with Crippen molar-refractivity contribution in [2.45, 2.75) is 57.3 Å². The van der Waals surface area contributed by atoms with E-state index in [9.17, 15) is 0 Å². The van der Waals surface area contributed by atoms with E-state index < -0.39 is 7.12 Å². The van der Waals surface area contributed by atoms with Crippen LogP contribution in [-0.2, 0) is 0 Å². The van der Waals surface area contributed by atoms with Gasteiger partial charge in [0.05, 0.1) is 0 Å². The van der Waals surface area contributed by atoms with Crippen LogP contribution < -0.4 is 11.1 Å². The Kier molecular flexibility index (Phi) is 7.94. The maximum Gasteiger partial charge on any atom is 0.451 e. The summed E-state index contributed by atoms with van der Waals surface area (Å²) in [5.74, 6) is 0. The fraction of sp³-hybridized carbons (Fsp3) is 1.00. The van der Waals surface area contributed by atoms with Crippen LogP contribution in [0.25, 0.3) is 0 Å². The second kappa shape index (κ2) is 8.92. The van der Waals surface area contributed by atoms with E-state index >= 15 is 0 Å². The van der Waals surface area contributed by atoms with Gasteiger partial charge in [-0.15, -0.1) is 0 Å². The number of nitrogens with zero attached hydrogens (tertiary/aromatic N) is 1. The molecule has 1 saturated heterocycles. The summed E-state index contributed by atoms with van der Waals surface area (Å²) in [4.78, 5) is 2.44. The van der Waals surface area contributed by atoms with E-state index in [0.29, 0.717) is 6.32 Å². The molecule has 6 heteroatoms. The lowest BCUT2D eigenvalue weighted by Gasteiger charge is -2.28. The molecule has 1 atom stereocenters. The first-order chi connectivity index (χ1) is 8.99. The van der Waals surface area contributed by atoms with Crippen LogP contribution >= 0.6 is 0 Å². The van der Waals surface area contributed by atoms with Gasteiger partial charge in [0.25, 0.3) is 0 Å². The van der Waals surface area contributed by atoms with Crippen molar-refractivity contribution in [1.82, 2.24) is 10.2 Å². The third-order valence-electron chi connectivity index (χ3n) is 3.87. The highest BCUT2D eigenvalue weighted by Crippen LogP contribution is 2.17. The molecule has 0 aromatic carbocycles. The summed E-state index contributed by atoms with van der Waals surface area (Å²) in [7, 11) is -1.17. The van der Waals surface area contributed by atoms with Crippen molar-refractivity contribution in [3.63, 3.8) is 0 Å². The minimum Gasteiger partial charge on any atom is -0.427 e. The van der Waals surface area contributed by atoms with Gasteiger partial charge in [-0.25, -0.2) is 0 Å². The van der Waals surface area contributed by atoms with Gasteiger partial charge in [0.1, 0.15) is 0 Å². The number of nitrogens with one attached hydrogen (secondary N) is 1. The van der Waals surface area contributed by atoms with Crippen molar-refractivity contribution in [2.24, 2.45) is 5.73 Å². The molecule has 0 aromatic heterocycles. The monoisotopic (exact) mass is 271 g/mol. The van der Waals surface area contributed by atoms with Gasteiger partial charge >= 0.3 is 7.12 Å². The largest absolute Gasteiger partial charge is 0.451 e. The fourth-order valence-electron chi connectivity index (χ4n) is 2.49. The molecule has 1 fully saturated rings. The van der Waals surface area contributed by atoms with Crippen molar-refractivity contribution >= 4 is 7.12 Å². The Morgan fingerprint density at radius 1 is 1.26 bits per heavy atom. The van der Waals surface area contributed by atoms with Crippen molar-refractivity contribution in [3.8, 4) is 0 Å². The Bertz CT molecular complexity index is 232. The van der Waals surface area contributed by atoms with Gasteiger partial charge in [0, 0.05) is 18.8 Å². The molecule has 0 aromatic rings. The minimum atomic E-state index is -1.17. The van der Waals surface area contributed by atoms with E-state index in [1.165, 1.54) is 19.4 Å². The number of unbranched alkanes of at least 4 members (excludes halogenated alkanes) is 1. The Balaban J connectivity index is 2.14. The van der Waals surface area contributed by atoms with E-state index in [-0.39, 0.29) is 5.54 Å². The van der Waals surface area contributed by atoms with Gasteiger partial charge in [-0.1, -0.05) is 12.8 Å². The second-order valence-electron chi connectivity index (χ2n) is 6.11. The van der Waals surface area contributed by atoms with Crippen molar-refractivity contribution in [3.05, 3.63) is 0 Å². The average Bonchev–Trinajstić information content (AvgIpc) is 2.61. The molecule has 0 saturated carbocycles. The van der Waals surface area contributed by atoms with Crippen LogP contribution in [0, 0.1) is 0 Å².